The van der Waals surface area contributed by atoms with Gasteiger partial charge in [0.05, 0.1) is 6.04 Å². The number of carbonyl (C=O) groups is 1. The maximum Gasteiger partial charge on any atom is 0.180 e. The van der Waals surface area contributed by atoms with Crippen LogP contribution in [0.25, 0.3) is 0 Å². The van der Waals surface area contributed by atoms with E-state index in [9.17, 15) is 9.18 Å². The molecule has 1 atom stereocenters. The Labute approximate surface area is 98.6 Å². The number of thioether (sulfide) groups is 1. The molecule has 1 N–H and O–H groups in total. The van der Waals surface area contributed by atoms with Crippen LogP contribution in [0, 0.1) is 12.7 Å². The normalized spacial score (nSPS) is 20.8. The molecule has 0 saturated carbocycles. The van der Waals surface area contributed by atoms with Crippen molar-refractivity contribution >= 4 is 17.5 Å². The lowest BCUT2D eigenvalue weighted by atomic mass is 10.0. The average molecular weight is 239 g/mol. The average Bonchev–Trinajstić information content (AvgIpc) is 2.28. The lowest BCUT2D eigenvalue weighted by Gasteiger charge is -2.22. The lowest BCUT2D eigenvalue weighted by molar-refractivity contribution is 0.0952. The van der Waals surface area contributed by atoms with Crippen LogP contribution in [0.4, 0.5) is 4.39 Å². The van der Waals surface area contributed by atoms with Crippen molar-refractivity contribution in [2.24, 2.45) is 0 Å². The predicted octanol–water partition coefficient (Wildman–Crippen LogP) is 2.02. The van der Waals surface area contributed by atoms with E-state index in [1.807, 2.05) is 0 Å². The standard InChI is InChI=1S/C12H14FNOS/c1-8-4-9(6-10(13)5-8)12(15)11-7-16-3-2-14-11/h4-6,11,14H,2-3,7H2,1H3. The second-order valence-corrected chi connectivity index (χ2v) is 5.11. The van der Waals surface area contributed by atoms with Gasteiger partial charge >= 0.3 is 0 Å². The minimum Gasteiger partial charge on any atom is -0.306 e. The Hall–Kier alpha value is -0.870. The molecule has 0 amide bonds. The van der Waals surface area contributed by atoms with Crippen LogP contribution in [0.5, 0.6) is 0 Å². The Morgan fingerprint density at radius 1 is 1.50 bits per heavy atom. The molecule has 0 aromatic heterocycles. The van der Waals surface area contributed by atoms with Gasteiger partial charge in [0.2, 0.25) is 0 Å². The number of Topliss-reactive ketones (excluding diaryl/α,β-unsaturated/α-hetero) is 1. The summed E-state index contributed by atoms with van der Waals surface area (Å²) in [6.45, 7) is 2.64. The summed E-state index contributed by atoms with van der Waals surface area (Å²) in [5.41, 5.74) is 1.25. The smallest absolute Gasteiger partial charge is 0.180 e. The molecule has 0 spiro atoms. The van der Waals surface area contributed by atoms with Crippen LogP contribution in [0.1, 0.15) is 15.9 Å². The molecular formula is C12H14FNOS. The van der Waals surface area contributed by atoms with E-state index in [1.54, 1.807) is 24.8 Å². The molecule has 0 bridgehead atoms. The van der Waals surface area contributed by atoms with Gasteiger partial charge in [-0.25, -0.2) is 4.39 Å². The van der Waals surface area contributed by atoms with E-state index >= 15 is 0 Å². The Balaban J connectivity index is 2.19. The Morgan fingerprint density at radius 2 is 2.31 bits per heavy atom. The molecule has 1 saturated heterocycles. The predicted molar refractivity (Wildman–Crippen MR) is 64.6 cm³/mol. The Morgan fingerprint density at radius 3 is 2.94 bits per heavy atom. The van der Waals surface area contributed by atoms with Crippen molar-refractivity contribution in [1.82, 2.24) is 5.32 Å². The fraction of sp³-hybridized carbons (Fsp3) is 0.417. The van der Waals surface area contributed by atoms with Gasteiger partial charge in [-0.1, -0.05) is 0 Å². The van der Waals surface area contributed by atoms with Gasteiger partial charge in [0, 0.05) is 23.6 Å². The molecule has 1 aromatic carbocycles. The van der Waals surface area contributed by atoms with Crippen LogP contribution >= 0.6 is 11.8 Å². The van der Waals surface area contributed by atoms with Crippen LogP contribution in [0.15, 0.2) is 18.2 Å². The molecule has 4 heteroatoms. The van der Waals surface area contributed by atoms with Gasteiger partial charge in [-0.2, -0.15) is 11.8 Å². The molecule has 1 aliphatic rings. The summed E-state index contributed by atoms with van der Waals surface area (Å²) in [5, 5.41) is 3.16. The molecule has 1 unspecified atom stereocenters. The van der Waals surface area contributed by atoms with E-state index in [0.29, 0.717) is 5.56 Å². The number of carbonyl (C=O) groups excluding carboxylic acids is 1. The van der Waals surface area contributed by atoms with E-state index < -0.39 is 0 Å². The molecule has 1 aromatic rings. The van der Waals surface area contributed by atoms with Crippen molar-refractivity contribution in [2.45, 2.75) is 13.0 Å². The minimum absolute atomic E-state index is 0.00481. The molecule has 86 valence electrons. The fourth-order valence-corrected chi connectivity index (χ4v) is 2.75. The zero-order valence-electron chi connectivity index (χ0n) is 9.13. The van der Waals surface area contributed by atoms with E-state index in [1.165, 1.54) is 12.1 Å². The van der Waals surface area contributed by atoms with Gasteiger partial charge in [-0.3, -0.25) is 4.79 Å². The van der Waals surface area contributed by atoms with Crippen LogP contribution < -0.4 is 5.32 Å². The van der Waals surface area contributed by atoms with Crippen molar-refractivity contribution < 1.29 is 9.18 Å². The van der Waals surface area contributed by atoms with Crippen LogP contribution in [-0.2, 0) is 0 Å². The lowest BCUT2D eigenvalue weighted by Crippen LogP contribution is -2.43. The van der Waals surface area contributed by atoms with Crippen LogP contribution in [0.3, 0.4) is 0 Å². The number of ketones is 1. The van der Waals surface area contributed by atoms with E-state index in [4.69, 9.17) is 0 Å². The molecule has 2 rings (SSSR count). The van der Waals surface area contributed by atoms with Crippen LogP contribution in [-0.4, -0.2) is 29.9 Å². The summed E-state index contributed by atoms with van der Waals surface area (Å²) in [6.07, 6.45) is 0. The number of aryl methyl sites for hydroxylation is 1. The highest BCUT2D eigenvalue weighted by Gasteiger charge is 2.22. The maximum absolute atomic E-state index is 13.2. The monoisotopic (exact) mass is 239 g/mol. The number of hydrogen-bond donors (Lipinski definition) is 1. The highest BCUT2D eigenvalue weighted by atomic mass is 32.2. The van der Waals surface area contributed by atoms with Crippen molar-refractivity contribution in [3.63, 3.8) is 0 Å². The molecule has 0 radical (unpaired) electrons. The molecule has 1 fully saturated rings. The van der Waals surface area contributed by atoms with Crippen molar-refractivity contribution in [1.29, 1.82) is 0 Å². The number of nitrogens with one attached hydrogen (secondary N) is 1. The summed E-state index contributed by atoms with van der Waals surface area (Å²) in [6, 6.07) is 4.32. The maximum atomic E-state index is 13.2. The first-order valence-corrected chi connectivity index (χ1v) is 6.45. The second kappa shape index (κ2) is 4.97. The zero-order valence-corrected chi connectivity index (χ0v) is 9.94. The quantitative estimate of drug-likeness (QED) is 0.801. The van der Waals surface area contributed by atoms with Gasteiger partial charge in [-0.15, -0.1) is 0 Å². The summed E-state index contributed by atoms with van der Waals surface area (Å²) in [5.74, 6) is 1.46. The Bertz CT molecular complexity index is 382. The summed E-state index contributed by atoms with van der Waals surface area (Å²) < 4.78 is 13.2. The van der Waals surface area contributed by atoms with Crippen LogP contribution in [0.2, 0.25) is 0 Å². The van der Waals surface area contributed by atoms with Crippen molar-refractivity contribution in [3.8, 4) is 0 Å². The van der Waals surface area contributed by atoms with Crippen molar-refractivity contribution in [2.75, 3.05) is 18.1 Å². The van der Waals surface area contributed by atoms with Gasteiger partial charge in [0.25, 0.3) is 0 Å². The molecule has 16 heavy (non-hydrogen) atoms. The van der Waals surface area contributed by atoms with Gasteiger partial charge in [0.1, 0.15) is 5.82 Å². The van der Waals surface area contributed by atoms with Gasteiger partial charge < -0.3 is 5.32 Å². The van der Waals surface area contributed by atoms with E-state index in [2.05, 4.69) is 5.32 Å². The first-order valence-electron chi connectivity index (χ1n) is 5.29. The van der Waals surface area contributed by atoms with E-state index in [-0.39, 0.29) is 17.6 Å². The van der Waals surface area contributed by atoms with Gasteiger partial charge in [0.15, 0.2) is 5.78 Å². The first kappa shape index (κ1) is 11.6. The molecule has 1 heterocycles. The zero-order chi connectivity index (χ0) is 11.5. The third kappa shape index (κ3) is 2.62. The Kier molecular flexibility index (Phi) is 3.61. The molecule has 0 aliphatic carbocycles. The third-order valence-corrected chi connectivity index (χ3v) is 3.63. The van der Waals surface area contributed by atoms with Crippen molar-refractivity contribution in [3.05, 3.63) is 35.1 Å². The molecule has 1 aliphatic heterocycles. The number of hydrogen-bond acceptors (Lipinski definition) is 3. The van der Waals surface area contributed by atoms with E-state index in [0.717, 1.165) is 23.6 Å². The largest absolute Gasteiger partial charge is 0.306 e. The number of rotatable bonds is 2. The third-order valence-electron chi connectivity index (χ3n) is 2.56. The molecular weight excluding hydrogens is 225 g/mol. The highest BCUT2D eigenvalue weighted by molar-refractivity contribution is 7.99. The SMILES string of the molecule is Cc1cc(F)cc(C(=O)C2CSCCN2)c1. The topological polar surface area (TPSA) is 29.1 Å². The first-order chi connectivity index (χ1) is 7.66. The minimum atomic E-state index is -0.341. The second-order valence-electron chi connectivity index (χ2n) is 3.96. The summed E-state index contributed by atoms with van der Waals surface area (Å²) in [4.78, 5) is 12.1. The molecule has 2 nitrogen and oxygen atoms in total. The summed E-state index contributed by atoms with van der Waals surface area (Å²) in [7, 11) is 0. The number of benzene rings is 1. The summed E-state index contributed by atoms with van der Waals surface area (Å²) >= 11 is 1.76. The fourth-order valence-electron chi connectivity index (χ4n) is 1.81. The number of halogens is 1. The van der Waals surface area contributed by atoms with Gasteiger partial charge in [-0.05, 0) is 30.7 Å². The highest BCUT2D eigenvalue weighted by Crippen LogP contribution is 2.15.